The van der Waals surface area contributed by atoms with Crippen LogP contribution in [0, 0.1) is 0 Å². The van der Waals surface area contributed by atoms with Crippen LogP contribution >= 0.6 is 0 Å². The monoisotopic (exact) mass is 534 g/mol. The van der Waals surface area contributed by atoms with Crippen LogP contribution in [-0.2, 0) is 9.47 Å². The van der Waals surface area contributed by atoms with Gasteiger partial charge in [0, 0.05) is 6.42 Å². The fourth-order valence-corrected chi connectivity index (χ4v) is 2.47. The Morgan fingerprint density at radius 1 is 0.576 bits per heavy atom. The standard InChI is InChI=1S/C14H11F17O2/c1-6(2)32-4-5(33-6)3-7(15,16)8(17,18)9(19,20)10(21,22)11(23,24)12(25,26)13(27,28)14(29,30)31/h5H,3-4H2,1-2H3. The van der Waals surface area contributed by atoms with Crippen LogP contribution in [0.3, 0.4) is 0 Å². The fourth-order valence-electron chi connectivity index (χ4n) is 2.47. The maximum absolute atomic E-state index is 13.8. The van der Waals surface area contributed by atoms with Gasteiger partial charge in [-0.25, -0.2) is 0 Å². The number of alkyl halides is 17. The van der Waals surface area contributed by atoms with Crippen LogP contribution in [0.15, 0.2) is 0 Å². The van der Waals surface area contributed by atoms with Gasteiger partial charge in [-0.1, -0.05) is 0 Å². The van der Waals surface area contributed by atoms with Gasteiger partial charge in [-0.05, 0) is 13.8 Å². The summed E-state index contributed by atoms with van der Waals surface area (Å²) in [6.07, 6.45) is -12.7. The second-order valence-corrected chi connectivity index (χ2v) is 7.30. The zero-order valence-corrected chi connectivity index (χ0v) is 15.7. The third-order valence-corrected chi connectivity index (χ3v) is 4.34. The maximum atomic E-state index is 13.8. The molecule has 0 spiro atoms. The van der Waals surface area contributed by atoms with E-state index in [-0.39, 0.29) is 0 Å². The lowest BCUT2D eigenvalue weighted by atomic mass is 9.88. The molecule has 0 aliphatic carbocycles. The van der Waals surface area contributed by atoms with Crippen molar-refractivity contribution in [1.29, 1.82) is 0 Å². The van der Waals surface area contributed by atoms with Crippen LogP contribution < -0.4 is 0 Å². The van der Waals surface area contributed by atoms with Crippen molar-refractivity contribution < 1.29 is 84.1 Å². The Morgan fingerprint density at radius 3 is 1.21 bits per heavy atom. The number of hydrogen-bond acceptors (Lipinski definition) is 2. The van der Waals surface area contributed by atoms with Gasteiger partial charge in [0.15, 0.2) is 5.79 Å². The molecule has 0 N–H and O–H groups in total. The molecule has 1 aliphatic rings. The van der Waals surface area contributed by atoms with Crippen LogP contribution in [0.25, 0.3) is 0 Å². The summed E-state index contributed by atoms with van der Waals surface area (Å²) in [5.74, 6) is -58.1. The normalized spacial score (nSPS) is 22.1. The van der Waals surface area contributed by atoms with Crippen LogP contribution in [0.2, 0.25) is 0 Å². The smallest absolute Gasteiger partial charge is 0.348 e. The average molecular weight is 534 g/mol. The molecule has 0 amide bonds. The van der Waals surface area contributed by atoms with Crippen LogP contribution in [0.1, 0.15) is 20.3 Å². The molecule has 33 heavy (non-hydrogen) atoms. The largest absolute Gasteiger partial charge is 0.460 e. The first-order valence-electron chi connectivity index (χ1n) is 8.07. The van der Waals surface area contributed by atoms with E-state index in [0.29, 0.717) is 0 Å². The van der Waals surface area contributed by atoms with E-state index in [1.807, 2.05) is 0 Å². The highest BCUT2D eigenvalue weighted by atomic mass is 19.4. The Bertz CT molecular complexity index is 724. The highest BCUT2D eigenvalue weighted by Gasteiger charge is 2.95. The molecule has 1 heterocycles. The van der Waals surface area contributed by atoms with E-state index in [1.165, 1.54) is 0 Å². The molecular weight excluding hydrogens is 523 g/mol. The molecule has 198 valence electrons. The van der Waals surface area contributed by atoms with E-state index >= 15 is 0 Å². The summed E-state index contributed by atoms with van der Waals surface area (Å²) in [4.78, 5) is 0. The summed E-state index contributed by atoms with van der Waals surface area (Å²) < 4.78 is 233. The summed E-state index contributed by atoms with van der Waals surface area (Å²) in [6.45, 7) is 0.914. The maximum Gasteiger partial charge on any atom is 0.460 e. The first kappa shape index (κ1) is 29.8. The minimum atomic E-state index is -8.63. The molecule has 1 rings (SSSR count). The van der Waals surface area contributed by atoms with E-state index in [2.05, 4.69) is 9.47 Å². The minimum Gasteiger partial charge on any atom is -0.348 e. The molecule has 0 radical (unpaired) electrons. The van der Waals surface area contributed by atoms with E-state index in [0.717, 1.165) is 13.8 Å². The lowest BCUT2D eigenvalue weighted by Gasteiger charge is -2.43. The number of ether oxygens (including phenoxy) is 2. The lowest BCUT2D eigenvalue weighted by Crippen LogP contribution is -2.74. The molecule has 1 saturated heterocycles. The fraction of sp³-hybridized carbons (Fsp3) is 1.00. The Labute approximate surface area is 172 Å². The molecular formula is C14H11F17O2. The number of rotatable bonds is 8. The molecule has 1 unspecified atom stereocenters. The van der Waals surface area contributed by atoms with Gasteiger partial charge in [0.05, 0.1) is 12.7 Å². The molecule has 1 atom stereocenters. The van der Waals surface area contributed by atoms with Gasteiger partial charge in [-0.3, -0.25) is 0 Å². The SMILES string of the molecule is CC1(C)OCC(CC(F)(F)C(F)(F)C(F)(F)C(F)(F)C(F)(F)C(F)(F)C(F)(F)C(F)(F)F)O1. The predicted molar refractivity (Wildman–Crippen MR) is 70.2 cm³/mol. The molecule has 19 heteroatoms. The van der Waals surface area contributed by atoms with Gasteiger partial charge < -0.3 is 9.47 Å². The summed E-state index contributed by atoms with van der Waals surface area (Å²) in [7, 11) is 0. The third-order valence-electron chi connectivity index (χ3n) is 4.34. The van der Waals surface area contributed by atoms with Gasteiger partial charge in [-0.2, -0.15) is 74.6 Å². The lowest BCUT2D eigenvalue weighted by molar-refractivity contribution is -0.462. The van der Waals surface area contributed by atoms with Crippen molar-refractivity contribution in [3.8, 4) is 0 Å². The summed E-state index contributed by atoms with van der Waals surface area (Å²) in [5, 5.41) is 0. The molecule has 2 nitrogen and oxygen atoms in total. The Kier molecular flexibility index (Phi) is 6.87. The van der Waals surface area contributed by atoms with Crippen molar-refractivity contribution >= 4 is 0 Å². The van der Waals surface area contributed by atoms with E-state index in [4.69, 9.17) is 0 Å². The highest BCUT2D eigenvalue weighted by molar-refractivity contribution is 5.15. The van der Waals surface area contributed by atoms with Crippen molar-refractivity contribution in [3.05, 3.63) is 0 Å². The van der Waals surface area contributed by atoms with Crippen molar-refractivity contribution in [2.45, 2.75) is 79.8 Å². The zero-order chi connectivity index (χ0) is 26.9. The van der Waals surface area contributed by atoms with Crippen LogP contribution in [0.4, 0.5) is 74.6 Å². The van der Waals surface area contributed by atoms with Crippen molar-refractivity contribution in [3.63, 3.8) is 0 Å². The van der Waals surface area contributed by atoms with Gasteiger partial charge >= 0.3 is 47.6 Å². The molecule has 0 aromatic rings. The Balaban J connectivity index is 3.47. The van der Waals surface area contributed by atoms with Gasteiger partial charge in [0.25, 0.3) is 0 Å². The molecule has 0 bridgehead atoms. The summed E-state index contributed by atoms with van der Waals surface area (Å²) >= 11 is 0. The van der Waals surface area contributed by atoms with Crippen LogP contribution in [-0.4, -0.2) is 66.1 Å². The second-order valence-electron chi connectivity index (χ2n) is 7.30. The summed E-state index contributed by atoms with van der Waals surface area (Å²) in [5.41, 5.74) is 0. The van der Waals surface area contributed by atoms with Crippen molar-refractivity contribution in [1.82, 2.24) is 0 Å². The second kappa shape index (κ2) is 7.61. The molecule has 0 saturated carbocycles. The van der Waals surface area contributed by atoms with E-state index in [1.54, 1.807) is 0 Å². The number of halogens is 17. The predicted octanol–water partition coefficient (Wildman–Crippen LogP) is 6.54. The molecule has 0 aromatic carbocycles. The Morgan fingerprint density at radius 2 is 0.909 bits per heavy atom. The van der Waals surface area contributed by atoms with Crippen LogP contribution in [0.5, 0.6) is 0 Å². The molecule has 1 fully saturated rings. The van der Waals surface area contributed by atoms with Crippen molar-refractivity contribution in [2.75, 3.05) is 6.61 Å². The topological polar surface area (TPSA) is 18.5 Å². The van der Waals surface area contributed by atoms with Gasteiger partial charge in [0.1, 0.15) is 0 Å². The van der Waals surface area contributed by atoms with Crippen molar-refractivity contribution in [2.24, 2.45) is 0 Å². The first-order chi connectivity index (χ1) is 14.0. The third kappa shape index (κ3) is 4.20. The van der Waals surface area contributed by atoms with Gasteiger partial charge in [0.2, 0.25) is 0 Å². The molecule has 0 aromatic heterocycles. The number of hydrogen-bond donors (Lipinski definition) is 0. The quantitative estimate of drug-likeness (QED) is 0.330. The zero-order valence-electron chi connectivity index (χ0n) is 15.7. The summed E-state index contributed by atoms with van der Waals surface area (Å²) in [6, 6.07) is 0. The first-order valence-corrected chi connectivity index (χ1v) is 8.07. The minimum absolute atomic E-state index is 0.982. The van der Waals surface area contributed by atoms with Gasteiger partial charge in [-0.15, -0.1) is 0 Å². The Hall–Kier alpha value is -1.27. The van der Waals surface area contributed by atoms with E-state index < -0.39 is 72.6 Å². The van der Waals surface area contributed by atoms with E-state index in [9.17, 15) is 74.6 Å². The molecule has 1 aliphatic heterocycles. The highest BCUT2D eigenvalue weighted by Crippen LogP contribution is 2.64. The average Bonchev–Trinajstić information content (AvgIpc) is 2.90.